The Hall–Kier alpha value is -2.61. The molecule has 0 aliphatic heterocycles. The molecule has 3 nitrogen and oxygen atoms in total. The van der Waals surface area contributed by atoms with Crippen molar-refractivity contribution in [1.29, 1.82) is 0 Å². The zero-order chi connectivity index (χ0) is 18.1. The molecule has 4 heteroatoms. The molecule has 0 fully saturated rings. The first-order chi connectivity index (χ1) is 12.2. The van der Waals surface area contributed by atoms with Crippen LogP contribution >= 0.6 is 8.03 Å². The molecule has 0 bridgehead atoms. The molecule has 25 heavy (non-hydrogen) atoms. The van der Waals surface area contributed by atoms with Crippen LogP contribution in [0.2, 0.25) is 0 Å². The number of aryl methyl sites for hydroxylation is 1. The third-order valence-electron chi connectivity index (χ3n) is 3.73. The summed E-state index contributed by atoms with van der Waals surface area (Å²) in [5.74, 6) is 0. The van der Waals surface area contributed by atoms with E-state index in [1.165, 1.54) is 41.0 Å². The van der Waals surface area contributed by atoms with Crippen molar-refractivity contribution in [2.24, 2.45) is 0 Å². The molecule has 0 spiro atoms. The van der Waals surface area contributed by atoms with E-state index in [-0.39, 0.29) is 0 Å². The van der Waals surface area contributed by atoms with Gasteiger partial charge in [0.05, 0.1) is 0 Å². The van der Waals surface area contributed by atoms with Crippen LogP contribution in [0.15, 0.2) is 78.9 Å². The van der Waals surface area contributed by atoms with Gasteiger partial charge < -0.3 is 0 Å². The summed E-state index contributed by atoms with van der Waals surface area (Å²) in [5, 5.41) is 0.339. The number of carbonyl (C=O) groups is 1. The van der Waals surface area contributed by atoms with Gasteiger partial charge in [0.25, 0.3) is 0 Å². The van der Waals surface area contributed by atoms with E-state index in [1.54, 1.807) is 0 Å². The third kappa shape index (κ3) is 5.46. The number of hydrogen-bond acceptors (Lipinski definition) is 2. The van der Waals surface area contributed by atoms with Crippen molar-refractivity contribution < 1.29 is 14.3 Å². The highest BCUT2D eigenvalue weighted by atomic mass is 31.1. The predicted octanol–water partition coefficient (Wildman–Crippen LogP) is 4.78. The predicted molar refractivity (Wildman–Crippen MR) is 103 cm³/mol. The average Bonchev–Trinajstić information content (AvgIpc) is 2.69. The molecule has 0 saturated heterocycles. The van der Waals surface area contributed by atoms with E-state index in [2.05, 4.69) is 61.5 Å². The van der Waals surface area contributed by atoms with E-state index < -0.39 is 8.03 Å². The summed E-state index contributed by atoms with van der Waals surface area (Å²) < 4.78 is 10.5. The maximum Gasteiger partial charge on any atom is 0.546 e. The van der Waals surface area contributed by atoms with Crippen LogP contribution in [0.3, 0.4) is 0 Å². The smallest absolute Gasteiger partial charge is 0.298 e. The molecule has 0 saturated carbocycles. The second-order valence-electron chi connectivity index (χ2n) is 5.36. The summed E-state index contributed by atoms with van der Waals surface area (Å²) in [7, 11) is -2.28. The summed E-state index contributed by atoms with van der Waals surface area (Å²) >= 11 is 0. The normalized spacial score (nSPS) is 10.4. The lowest BCUT2D eigenvalue weighted by Gasteiger charge is -2.06. The quantitative estimate of drug-likeness (QED) is 0.544. The van der Waals surface area contributed by atoms with Gasteiger partial charge in [-0.15, -0.1) is 0 Å². The average molecular weight is 351 g/mol. The standard InChI is InChI=1S/C14H14.C7H5O3P/c1-2-12-8-6-7-11-14(12)13-9-4-3-5-10-13;8-5-6-1-3-7(4-2-6)11(9)10/h3-11H,2H2,1H3;1-5H/p+1. The van der Waals surface area contributed by atoms with Gasteiger partial charge in [-0.25, -0.2) is 0 Å². The van der Waals surface area contributed by atoms with Crippen molar-refractivity contribution in [2.45, 2.75) is 13.3 Å². The van der Waals surface area contributed by atoms with Crippen LogP contribution in [0.5, 0.6) is 0 Å². The number of rotatable bonds is 4. The molecule has 1 N–H and O–H groups in total. The molecule has 0 aliphatic rings. The lowest BCUT2D eigenvalue weighted by atomic mass is 9.98. The molecular formula is C21H20O3P+. The fraction of sp³-hybridized carbons (Fsp3) is 0.0952. The van der Waals surface area contributed by atoms with E-state index in [1.807, 2.05) is 0 Å². The summed E-state index contributed by atoms with van der Waals surface area (Å²) in [6.07, 6.45) is 1.78. The highest BCUT2D eigenvalue weighted by molar-refractivity contribution is 7.47. The van der Waals surface area contributed by atoms with E-state index in [0.717, 1.165) is 6.42 Å². The van der Waals surface area contributed by atoms with E-state index in [9.17, 15) is 9.36 Å². The van der Waals surface area contributed by atoms with Gasteiger partial charge in [0.2, 0.25) is 5.30 Å². The molecular weight excluding hydrogens is 331 g/mol. The minimum Gasteiger partial charge on any atom is -0.298 e. The molecule has 0 aliphatic carbocycles. The number of aldehydes is 1. The monoisotopic (exact) mass is 351 g/mol. The van der Waals surface area contributed by atoms with E-state index in [0.29, 0.717) is 17.2 Å². The topological polar surface area (TPSA) is 54.4 Å². The number of carbonyl (C=O) groups excluding carboxylic acids is 1. The Balaban J connectivity index is 0.000000186. The van der Waals surface area contributed by atoms with Crippen LogP contribution in [0.4, 0.5) is 0 Å². The molecule has 126 valence electrons. The van der Waals surface area contributed by atoms with Crippen molar-refractivity contribution >= 4 is 19.6 Å². The van der Waals surface area contributed by atoms with Gasteiger partial charge in [-0.1, -0.05) is 61.5 Å². The van der Waals surface area contributed by atoms with Gasteiger partial charge in [0.15, 0.2) is 0 Å². The lowest BCUT2D eigenvalue weighted by molar-refractivity contribution is 0.112. The Kier molecular flexibility index (Phi) is 7.21. The minimum absolute atomic E-state index is 0.339. The molecule has 3 aromatic rings. The molecule has 0 radical (unpaired) electrons. The van der Waals surface area contributed by atoms with Crippen molar-refractivity contribution in [3.05, 3.63) is 90.0 Å². The van der Waals surface area contributed by atoms with Crippen LogP contribution in [0.1, 0.15) is 22.8 Å². The summed E-state index contributed by atoms with van der Waals surface area (Å²) in [5.41, 5.74) is 4.59. The summed E-state index contributed by atoms with van der Waals surface area (Å²) in [6.45, 7) is 2.20. The molecule has 3 aromatic carbocycles. The molecule has 1 atom stereocenters. The second kappa shape index (κ2) is 9.63. The zero-order valence-electron chi connectivity index (χ0n) is 14.0. The summed E-state index contributed by atoms with van der Waals surface area (Å²) in [6, 6.07) is 25.1. The highest BCUT2D eigenvalue weighted by Gasteiger charge is 2.14. The first kappa shape index (κ1) is 18.7. The molecule has 0 aromatic heterocycles. The highest BCUT2D eigenvalue weighted by Crippen LogP contribution is 2.23. The van der Waals surface area contributed by atoms with E-state index >= 15 is 0 Å². The first-order valence-electron chi connectivity index (χ1n) is 8.00. The fourth-order valence-corrected chi connectivity index (χ4v) is 2.81. The Morgan fingerprint density at radius 1 is 0.880 bits per heavy atom. The van der Waals surface area contributed by atoms with Crippen LogP contribution in [0, 0.1) is 0 Å². The van der Waals surface area contributed by atoms with Crippen LogP contribution in [-0.4, -0.2) is 11.2 Å². The van der Waals surface area contributed by atoms with Gasteiger partial charge in [-0.2, -0.15) is 4.89 Å². The van der Waals surface area contributed by atoms with Crippen molar-refractivity contribution in [3.8, 4) is 11.1 Å². The fourth-order valence-electron chi connectivity index (χ4n) is 2.41. The van der Waals surface area contributed by atoms with Crippen molar-refractivity contribution in [3.63, 3.8) is 0 Å². The Bertz CT molecular complexity index is 827. The Labute approximate surface area is 148 Å². The van der Waals surface area contributed by atoms with E-state index in [4.69, 9.17) is 4.89 Å². The number of hydrogen-bond donors (Lipinski definition) is 1. The number of benzene rings is 3. The van der Waals surface area contributed by atoms with Crippen LogP contribution < -0.4 is 5.30 Å². The van der Waals surface area contributed by atoms with Crippen LogP contribution in [0.25, 0.3) is 11.1 Å². The van der Waals surface area contributed by atoms with Crippen molar-refractivity contribution in [1.82, 2.24) is 0 Å². The maximum atomic E-state index is 10.5. The molecule has 0 amide bonds. The Morgan fingerprint density at radius 3 is 2.04 bits per heavy atom. The van der Waals surface area contributed by atoms with Gasteiger partial charge in [-0.3, -0.25) is 4.79 Å². The molecule has 1 unspecified atom stereocenters. The molecule has 0 heterocycles. The summed E-state index contributed by atoms with van der Waals surface area (Å²) in [4.78, 5) is 18.8. The van der Waals surface area contributed by atoms with Crippen LogP contribution in [-0.2, 0) is 11.0 Å². The van der Waals surface area contributed by atoms with Crippen molar-refractivity contribution in [2.75, 3.05) is 0 Å². The molecule has 3 rings (SSSR count). The maximum absolute atomic E-state index is 10.5. The lowest BCUT2D eigenvalue weighted by Crippen LogP contribution is -1.94. The minimum atomic E-state index is -2.28. The Morgan fingerprint density at radius 2 is 1.48 bits per heavy atom. The second-order valence-corrected chi connectivity index (χ2v) is 6.42. The third-order valence-corrected chi connectivity index (χ3v) is 4.47. The SMILES string of the molecule is CCc1ccccc1-c1ccccc1.O=Cc1ccc([P+](=O)O)cc1. The van der Waals surface area contributed by atoms with Gasteiger partial charge >= 0.3 is 8.03 Å². The van der Waals surface area contributed by atoms with Gasteiger partial charge in [0, 0.05) is 5.56 Å². The van der Waals surface area contributed by atoms with Gasteiger partial charge in [-0.05, 0) is 51.9 Å². The zero-order valence-corrected chi connectivity index (χ0v) is 14.9. The largest absolute Gasteiger partial charge is 0.546 e. The first-order valence-corrected chi connectivity index (χ1v) is 9.21. The van der Waals surface area contributed by atoms with Gasteiger partial charge in [0.1, 0.15) is 6.29 Å².